The molecule has 1 N–H and O–H groups in total. The highest BCUT2D eigenvalue weighted by Crippen LogP contribution is 2.48. The predicted octanol–water partition coefficient (Wildman–Crippen LogP) is 1.30. The lowest BCUT2D eigenvalue weighted by molar-refractivity contribution is -0.134. The minimum atomic E-state index is -0.300. The molecule has 2 atom stereocenters. The summed E-state index contributed by atoms with van der Waals surface area (Å²) in [5.41, 5.74) is 0.236. The van der Waals surface area contributed by atoms with Crippen molar-refractivity contribution in [3.8, 4) is 0 Å². The van der Waals surface area contributed by atoms with E-state index in [9.17, 15) is 9.59 Å². The molecule has 96 valence electrons. The van der Waals surface area contributed by atoms with Gasteiger partial charge in [-0.1, -0.05) is 27.2 Å². The van der Waals surface area contributed by atoms with Gasteiger partial charge >= 0.3 is 0 Å². The summed E-state index contributed by atoms with van der Waals surface area (Å²) < 4.78 is 0. The summed E-state index contributed by atoms with van der Waals surface area (Å²) in [5, 5.41) is 2.84. The van der Waals surface area contributed by atoms with E-state index in [1.807, 2.05) is 11.8 Å². The van der Waals surface area contributed by atoms with E-state index < -0.39 is 0 Å². The lowest BCUT2D eigenvalue weighted by atomic mass is 10.1. The molecule has 17 heavy (non-hydrogen) atoms. The number of carbonyl (C=O) groups is 2. The Hall–Kier alpha value is -1.06. The maximum atomic E-state index is 12.4. The van der Waals surface area contributed by atoms with Crippen molar-refractivity contribution in [1.29, 1.82) is 0 Å². The van der Waals surface area contributed by atoms with Gasteiger partial charge in [-0.2, -0.15) is 0 Å². The van der Waals surface area contributed by atoms with Gasteiger partial charge in [0.15, 0.2) is 0 Å². The molecular formula is C13H22N2O2. The zero-order valence-corrected chi connectivity index (χ0v) is 11.0. The summed E-state index contributed by atoms with van der Waals surface area (Å²) in [4.78, 5) is 25.9. The second kappa shape index (κ2) is 4.31. The van der Waals surface area contributed by atoms with Crippen LogP contribution in [-0.2, 0) is 9.59 Å². The smallest absolute Gasteiger partial charge is 0.245 e. The largest absolute Gasteiger partial charge is 0.344 e. The fraction of sp³-hybridized carbons (Fsp3) is 0.846. The van der Waals surface area contributed by atoms with Crippen molar-refractivity contribution in [1.82, 2.24) is 10.2 Å². The van der Waals surface area contributed by atoms with E-state index in [2.05, 4.69) is 19.2 Å². The summed E-state index contributed by atoms with van der Waals surface area (Å²) in [6.45, 7) is 6.98. The van der Waals surface area contributed by atoms with Gasteiger partial charge in [-0.15, -0.1) is 0 Å². The van der Waals surface area contributed by atoms with E-state index in [0.717, 1.165) is 19.3 Å². The molecule has 0 aromatic heterocycles. The zero-order chi connectivity index (χ0) is 12.6. The van der Waals surface area contributed by atoms with Gasteiger partial charge in [-0.3, -0.25) is 9.59 Å². The zero-order valence-electron chi connectivity index (χ0n) is 11.0. The van der Waals surface area contributed by atoms with Crippen LogP contribution in [0.25, 0.3) is 0 Å². The van der Waals surface area contributed by atoms with Crippen LogP contribution in [0.3, 0.4) is 0 Å². The SMILES string of the molecule is CCCC1NC(=O)CCN(C2CC2(C)C)C1=O. The molecule has 0 bridgehead atoms. The number of hydrogen-bond donors (Lipinski definition) is 1. The highest BCUT2D eigenvalue weighted by molar-refractivity contribution is 5.90. The number of carbonyl (C=O) groups excluding carboxylic acids is 2. The summed E-state index contributed by atoms with van der Waals surface area (Å²) in [5.74, 6) is 0.131. The van der Waals surface area contributed by atoms with Crippen LogP contribution in [0.4, 0.5) is 0 Å². The van der Waals surface area contributed by atoms with Crippen LogP contribution in [0.5, 0.6) is 0 Å². The molecule has 1 saturated carbocycles. The lowest BCUT2D eigenvalue weighted by Crippen LogP contribution is -2.46. The van der Waals surface area contributed by atoms with Crippen molar-refractivity contribution in [2.24, 2.45) is 5.41 Å². The van der Waals surface area contributed by atoms with Crippen LogP contribution in [0.1, 0.15) is 46.5 Å². The molecule has 0 spiro atoms. The van der Waals surface area contributed by atoms with Gasteiger partial charge in [0.25, 0.3) is 0 Å². The summed E-state index contributed by atoms with van der Waals surface area (Å²) in [6, 6.07) is 0.0356. The van der Waals surface area contributed by atoms with Gasteiger partial charge in [0.05, 0.1) is 0 Å². The first-order valence-electron chi connectivity index (χ1n) is 6.55. The van der Waals surface area contributed by atoms with E-state index in [1.165, 1.54) is 0 Å². The third-order valence-electron chi connectivity index (χ3n) is 3.91. The fourth-order valence-corrected chi connectivity index (χ4v) is 2.63. The lowest BCUT2D eigenvalue weighted by Gasteiger charge is -2.25. The van der Waals surface area contributed by atoms with Gasteiger partial charge in [-0.25, -0.2) is 0 Å². The maximum absolute atomic E-state index is 12.4. The predicted molar refractivity (Wildman–Crippen MR) is 65.4 cm³/mol. The number of hydrogen-bond acceptors (Lipinski definition) is 2. The molecule has 4 heteroatoms. The van der Waals surface area contributed by atoms with Crippen LogP contribution in [0.2, 0.25) is 0 Å². The standard InChI is InChI=1S/C13H22N2O2/c1-4-5-9-12(17)15(7-6-11(16)14-9)10-8-13(10,2)3/h9-10H,4-8H2,1-3H3,(H,14,16). The van der Waals surface area contributed by atoms with Crippen LogP contribution in [0, 0.1) is 5.41 Å². The highest BCUT2D eigenvalue weighted by Gasteiger charge is 2.52. The van der Waals surface area contributed by atoms with Gasteiger partial charge < -0.3 is 10.2 Å². The fourth-order valence-electron chi connectivity index (χ4n) is 2.63. The van der Waals surface area contributed by atoms with E-state index >= 15 is 0 Å². The number of rotatable bonds is 3. The third kappa shape index (κ3) is 2.45. The van der Waals surface area contributed by atoms with Crippen molar-refractivity contribution >= 4 is 11.8 Å². The molecule has 1 saturated heterocycles. The molecule has 2 amide bonds. The van der Waals surface area contributed by atoms with E-state index in [4.69, 9.17) is 0 Å². The first-order chi connectivity index (χ1) is 7.95. The number of nitrogens with one attached hydrogen (secondary N) is 1. The van der Waals surface area contributed by atoms with Crippen LogP contribution in [0.15, 0.2) is 0 Å². The molecule has 2 aliphatic rings. The highest BCUT2D eigenvalue weighted by atomic mass is 16.2. The maximum Gasteiger partial charge on any atom is 0.245 e. The van der Waals surface area contributed by atoms with Gasteiger partial charge in [0, 0.05) is 19.0 Å². The Labute approximate surface area is 103 Å². The van der Waals surface area contributed by atoms with Crippen LogP contribution in [-0.4, -0.2) is 35.3 Å². The number of amides is 2. The molecule has 0 radical (unpaired) electrons. The molecule has 2 unspecified atom stereocenters. The minimum absolute atomic E-state index is 0.0118. The molecule has 0 aromatic rings. The van der Waals surface area contributed by atoms with Gasteiger partial charge in [0.1, 0.15) is 6.04 Å². The molecule has 1 heterocycles. The molecule has 2 fully saturated rings. The second-order valence-electron chi connectivity index (χ2n) is 5.90. The average molecular weight is 238 g/mol. The Morgan fingerprint density at radius 2 is 2.06 bits per heavy atom. The monoisotopic (exact) mass is 238 g/mol. The first-order valence-corrected chi connectivity index (χ1v) is 6.55. The second-order valence-corrected chi connectivity index (χ2v) is 5.90. The normalized spacial score (nSPS) is 32.1. The Bertz CT molecular complexity index is 338. The molecular weight excluding hydrogens is 216 g/mol. The van der Waals surface area contributed by atoms with E-state index in [-0.39, 0.29) is 23.3 Å². The third-order valence-corrected chi connectivity index (χ3v) is 3.91. The summed E-state index contributed by atoms with van der Waals surface area (Å²) >= 11 is 0. The van der Waals surface area contributed by atoms with Crippen LogP contribution >= 0.6 is 0 Å². The number of nitrogens with zero attached hydrogens (tertiary/aromatic N) is 1. The Morgan fingerprint density at radius 1 is 1.41 bits per heavy atom. The van der Waals surface area contributed by atoms with Crippen molar-refractivity contribution in [3.63, 3.8) is 0 Å². The van der Waals surface area contributed by atoms with Crippen molar-refractivity contribution in [2.45, 2.75) is 58.5 Å². The van der Waals surface area contributed by atoms with Gasteiger partial charge in [0.2, 0.25) is 11.8 Å². The van der Waals surface area contributed by atoms with Crippen molar-refractivity contribution in [3.05, 3.63) is 0 Å². The average Bonchev–Trinajstić information content (AvgIpc) is 2.88. The van der Waals surface area contributed by atoms with E-state index in [1.54, 1.807) is 0 Å². The van der Waals surface area contributed by atoms with Crippen molar-refractivity contribution < 1.29 is 9.59 Å². The quantitative estimate of drug-likeness (QED) is 0.805. The molecule has 4 nitrogen and oxygen atoms in total. The minimum Gasteiger partial charge on any atom is -0.344 e. The van der Waals surface area contributed by atoms with Gasteiger partial charge in [-0.05, 0) is 18.3 Å². The molecule has 2 rings (SSSR count). The Morgan fingerprint density at radius 3 is 2.59 bits per heavy atom. The first kappa shape index (κ1) is 12.4. The summed E-state index contributed by atoms with van der Waals surface area (Å²) in [7, 11) is 0. The topological polar surface area (TPSA) is 49.4 Å². The molecule has 1 aliphatic heterocycles. The van der Waals surface area contributed by atoms with E-state index in [0.29, 0.717) is 19.0 Å². The Kier molecular flexibility index (Phi) is 3.15. The van der Waals surface area contributed by atoms with Crippen molar-refractivity contribution in [2.75, 3.05) is 6.54 Å². The summed E-state index contributed by atoms with van der Waals surface area (Å²) in [6.07, 6.45) is 3.16. The molecule has 1 aliphatic carbocycles. The molecule has 0 aromatic carbocycles. The Balaban J connectivity index is 2.10. The van der Waals surface area contributed by atoms with Crippen LogP contribution < -0.4 is 5.32 Å².